The lowest BCUT2D eigenvalue weighted by Crippen LogP contribution is -2.42. The Morgan fingerprint density at radius 3 is 2.47 bits per heavy atom. The van der Waals surface area contributed by atoms with Gasteiger partial charge in [-0.05, 0) is 18.6 Å². The average Bonchev–Trinajstić information content (AvgIpc) is 2.88. The number of halogens is 3. The molecule has 0 aliphatic carbocycles. The molecule has 2 aromatic carbocycles. The van der Waals surface area contributed by atoms with Crippen LogP contribution in [0.15, 0.2) is 30.5 Å². The molecule has 1 aliphatic rings. The molecule has 1 N–H and O–H groups in total. The molecule has 11 heteroatoms. The Morgan fingerprint density at radius 2 is 1.78 bits per heavy atom. The molecule has 0 spiro atoms. The third-order valence-corrected chi connectivity index (χ3v) is 7.54. The quantitative estimate of drug-likeness (QED) is 0.175. The van der Waals surface area contributed by atoms with E-state index < -0.39 is 0 Å². The SMILES string of the molecule is COc1cc(Nc2c(C#N)cnc3cc(OCCCN4CCN(I)CC4)c(OC)cc23)c(Cl)cc1Cl. The Kier molecular flexibility index (Phi) is 9.19. The van der Waals surface area contributed by atoms with Gasteiger partial charge in [-0.1, -0.05) is 23.2 Å². The largest absolute Gasteiger partial charge is 0.495 e. The summed E-state index contributed by atoms with van der Waals surface area (Å²) in [5.41, 5.74) is 2.11. The van der Waals surface area contributed by atoms with Gasteiger partial charge in [-0.2, -0.15) is 5.26 Å². The van der Waals surface area contributed by atoms with Crippen molar-refractivity contribution in [2.45, 2.75) is 6.42 Å². The fourth-order valence-electron chi connectivity index (χ4n) is 4.03. The fourth-order valence-corrected chi connectivity index (χ4v) is 4.96. The van der Waals surface area contributed by atoms with Crippen molar-refractivity contribution in [1.29, 1.82) is 5.26 Å². The first-order valence-corrected chi connectivity index (χ1v) is 13.1. The van der Waals surface area contributed by atoms with E-state index in [2.05, 4.69) is 47.2 Å². The van der Waals surface area contributed by atoms with E-state index in [4.69, 9.17) is 37.4 Å². The topological polar surface area (TPSA) is 82.9 Å². The second-order valence-corrected chi connectivity index (χ2v) is 10.4. The Labute approximate surface area is 234 Å². The summed E-state index contributed by atoms with van der Waals surface area (Å²) in [7, 11) is 3.12. The summed E-state index contributed by atoms with van der Waals surface area (Å²) in [5, 5.41) is 14.5. The molecule has 1 fully saturated rings. The molecule has 2 heterocycles. The molecule has 0 atom stereocenters. The number of piperazine rings is 1. The van der Waals surface area contributed by atoms with Crippen LogP contribution >= 0.6 is 46.1 Å². The van der Waals surface area contributed by atoms with Gasteiger partial charge >= 0.3 is 0 Å². The number of fused-ring (bicyclic) bond motifs is 1. The van der Waals surface area contributed by atoms with Crippen LogP contribution in [0.1, 0.15) is 12.0 Å². The second kappa shape index (κ2) is 12.3. The van der Waals surface area contributed by atoms with E-state index in [1.165, 1.54) is 13.3 Å². The van der Waals surface area contributed by atoms with Gasteiger partial charge in [0.05, 0.1) is 53.3 Å². The number of nitrogens with one attached hydrogen (secondary N) is 1. The molecule has 0 radical (unpaired) electrons. The minimum atomic E-state index is 0.356. The third kappa shape index (κ3) is 6.18. The normalized spacial score (nSPS) is 14.4. The molecule has 1 saturated heterocycles. The maximum absolute atomic E-state index is 9.74. The summed E-state index contributed by atoms with van der Waals surface area (Å²) in [6, 6.07) is 9.12. The number of anilines is 2. The summed E-state index contributed by atoms with van der Waals surface area (Å²) in [5.74, 6) is 1.63. The molecule has 4 rings (SSSR count). The van der Waals surface area contributed by atoms with Crippen LogP contribution in [0.4, 0.5) is 11.4 Å². The Morgan fingerprint density at radius 1 is 1.03 bits per heavy atom. The predicted octanol–water partition coefficient (Wildman–Crippen LogP) is 5.91. The van der Waals surface area contributed by atoms with Gasteiger partial charge < -0.3 is 24.4 Å². The summed E-state index contributed by atoms with van der Waals surface area (Å²) < 4.78 is 19.3. The first-order valence-electron chi connectivity index (χ1n) is 11.4. The van der Waals surface area contributed by atoms with E-state index in [-0.39, 0.29) is 0 Å². The Hall–Kier alpha value is -2.23. The summed E-state index contributed by atoms with van der Waals surface area (Å²) >= 11 is 15.0. The number of aromatic nitrogens is 1. The van der Waals surface area contributed by atoms with Crippen LogP contribution in [0.5, 0.6) is 17.2 Å². The van der Waals surface area contributed by atoms with E-state index in [9.17, 15) is 5.26 Å². The molecule has 3 aromatic rings. The fraction of sp³-hybridized carbons (Fsp3) is 0.360. The smallest absolute Gasteiger partial charge is 0.163 e. The second-order valence-electron chi connectivity index (χ2n) is 8.22. The zero-order valence-electron chi connectivity index (χ0n) is 20.0. The molecular formula is C25H26Cl2IN5O3. The highest BCUT2D eigenvalue weighted by atomic mass is 127. The van der Waals surface area contributed by atoms with E-state index in [1.54, 1.807) is 19.2 Å². The number of hydrogen-bond donors (Lipinski definition) is 1. The van der Waals surface area contributed by atoms with Gasteiger partial charge in [0.2, 0.25) is 0 Å². The highest BCUT2D eigenvalue weighted by Gasteiger charge is 2.17. The van der Waals surface area contributed by atoms with Crippen molar-refractivity contribution in [1.82, 2.24) is 13.0 Å². The number of methoxy groups -OCH3 is 2. The number of nitrogens with zero attached hydrogens (tertiary/aromatic N) is 4. The lowest BCUT2D eigenvalue weighted by Gasteiger charge is -2.30. The molecule has 0 unspecified atom stereocenters. The molecule has 0 bridgehead atoms. The first-order chi connectivity index (χ1) is 17.4. The van der Waals surface area contributed by atoms with Crippen LogP contribution in [0, 0.1) is 11.3 Å². The predicted molar refractivity (Wildman–Crippen MR) is 151 cm³/mol. The van der Waals surface area contributed by atoms with Crippen LogP contribution in [-0.2, 0) is 0 Å². The molecule has 0 saturated carbocycles. The lowest BCUT2D eigenvalue weighted by molar-refractivity contribution is 0.187. The van der Waals surface area contributed by atoms with Gasteiger partial charge in [0.15, 0.2) is 11.5 Å². The van der Waals surface area contributed by atoms with Crippen molar-refractivity contribution in [3.8, 4) is 23.3 Å². The van der Waals surface area contributed by atoms with Gasteiger partial charge in [0.25, 0.3) is 0 Å². The zero-order valence-corrected chi connectivity index (χ0v) is 23.7. The maximum atomic E-state index is 9.74. The molecule has 190 valence electrons. The highest BCUT2D eigenvalue weighted by Crippen LogP contribution is 2.40. The monoisotopic (exact) mass is 641 g/mol. The zero-order chi connectivity index (χ0) is 25.7. The van der Waals surface area contributed by atoms with Crippen LogP contribution in [0.2, 0.25) is 10.0 Å². The van der Waals surface area contributed by atoms with Crippen molar-refractivity contribution in [2.24, 2.45) is 0 Å². The van der Waals surface area contributed by atoms with Crippen molar-refractivity contribution < 1.29 is 14.2 Å². The van der Waals surface area contributed by atoms with Crippen molar-refractivity contribution in [3.63, 3.8) is 0 Å². The van der Waals surface area contributed by atoms with Gasteiger partial charge in [0.1, 0.15) is 11.8 Å². The summed E-state index contributed by atoms with van der Waals surface area (Å²) in [6.45, 7) is 5.87. The van der Waals surface area contributed by atoms with Gasteiger partial charge in [0, 0.05) is 79.3 Å². The molecule has 8 nitrogen and oxygen atoms in total. The number of hydrogen-bond acceptors (Lipinski definition) is 8. The minimum Gasteiger partial charge on any atom is -0.495 e. The molecular weight excluding hydrogens is 616 g/mol. The number of rotatable bonds is 9. The molecule has 36 heavy (non-hydrogen) atoms. The number of ether oxygens (including phenoxy) is 3. The van der Waals surface area contributed by atoms with E-state index in [0.717, 1.165) is 39.1 Å². The Bertz CT molecular complexity index is 1280. The highest BCUT2D eigenvalue weighted by molar-refractivity contribution is 14.1. The standard InChI is InChI=1S/C25H26Cl2IN5O3/c1-34-22-13-21(18(26)11-19(22)27)31-25-16(14-29)15-30-20-12-24(23(35-2)10-17(20)25)36-9-3-4-32-5-7-33(28)8-6-32/h10-13,15H,3-9H2,1-2H3,(H,30,31). The first kappa shape index (κ1) is 26.8. The van der Waals surface area contributed by atoms with Gasteiger partial charge in [-0.25, -0.2) is 3.11 Å². The third-order valence-electron chi connectivity index (χ3n) is 5.97. The number of benzene rings is 2. The number of nitriles is 1. The van der Waals surface area contributed by atoms with Crippen LogP contribution < -0.4 is 19.5 Å². The van der Waals surface area contributed by atoms with Crippen LogP contribution in [0.25, 0.3) is 10.9 Å². The minimum absolute atomic E-state index is 0.356. The van der Waals surface area contributed by atoms with E-state index in [1.807, 2.05) is 12.1 Å². The average molecular weight is 642 g/mol. The number of pyridine rings is 1. The van der Waals surface area contributed by atoms with E-state index in [0.29, 0.717) is 61.7 Å². The lowest BCUT2D eigenvalue weighted by atomic mass is 10.1. The molecule has 0 amide bonds. The summed E-state index contributed by atoms with van der Waals surface area (Å²) in [4.78, 5) is 6.93. The van der Waals surface area contributed by atoms with Crippen molar-refractivity contribution in [2.75, 3.05) is 58.9 Å². The molecule has 1 aliphatic heterocycles. The summed E-state index contributed by atoms with van der Waals surface area (Å²) in [6.07, 6.45) is 2.43. The van der Waals surface area contributed by atoms with Crippen molar-refractivity contribution >= 4 is 68.3 Å². The van der Waals surface area contributed by atoms with E-state index >= 15 is 0 Å². The van der Waals surface area contributed by atoms with Crippen molar-refractivity contribution in [3.05, 3.63) is 46.1 Å². The van der Waals surface area contributed by atoms with Gasteiger partial charge in [-0.15, -0.1) is 0 Å². The van der Waals surface area contributed by atoms with Crippen LogP contribution in [0.3, 0.4) is 0 Å². The Balaban J connectivity index is 1.57. The van der Waals surface area contributed by atoms with Gasteiger partial charge in [-0.3, -0.25) is 4.98 Å². The molecule has 1 aromatic heterocycles. The van der Waals surface area contributed by atoms with Crippen LogP contribution in [-0.4, -0.2) is 66.5 Å². The maximum Gasteiger partial charge on any atom is 0.163 e.